The van der Waals surface area contributed by atoms with Crippen LogP contribution in [0.25, 0.3) is 6.08 Å². The third-order valence-corrected chi connectivity index (χ3v) is 6.55. The number of allylic oxidation sites excluding steroid dienone is 9. The van der Waals surface area contributed by atoms with Gasteiger partial charge in [0.25, 0.3) is 0 Å². The molecule has 2 rings (SSSR count). The Kier molecular flexibility index (Phi) is 12.6. The number of aromatic hydroxyl groups is 3. The molecule has 0 aliphatic carbocycles. The first-order valence-electron chi connectivity index (χ1n) is 13.6. The second kappa shape index (κ2) is 15.6. The van der Waals surface area contributed by atoms with Crippen LogP contribution in [0.1, 0.15) is 94.3 Å². The normalized spacial score (nSPS) is 12.1. The zero-order valence-corrected chi connectivity index (χ0v) is 24.3. The largest absolute Gasteiger partial charge is 0.508 e. The van der Waals surface area contributed by atoms with Crippen LogP contribution in [-0.2, 0) is 12.8 Å². The van der Waals surface area contributed by atoms with Crippen molar-refractivity contribution < 1.29 is 20.1 Å². The van der Waals surface area contributed by atoms with Gasteiger partial charge in [-0.05, 0) is 128 Å². The van der Waals surface area contributed by atoms with Crippen LogP contribution in [0.15, 0.2) is 83.0 Å². The van der Waals surface area contributed by atoms with E-state index in [0.717, 1.165) is 25.7 Å². The molecule has 0 atom stereocenters. The summed E-state index contributed by atoms with van der Waals surface area (Å²) in [5, 5.41) is 31.7. The summed E-state index contributed by atoms with van der Waals surface area (Å²) in [6.45, 7) is 12.5. The molecule has 4 nitrogen and oxygen atoms in total. The number of benzene rings is 2. The van der Waals surface area contributed by atoms with Crippen LogP contribution in [0.4, 0.5) is 0 Å². The summed E-state index contributed by atoms with van der Waals surface area (Å²) in [6.07, 6.45) is 16.3. The van der Waals surface area contributed by atoms with Gasteiger partial charge < -0.3 is 15.3 Å². The Bertz CT molecular complexity index is 1280. The molecule has 0 saturated heterocycles. The van der Waals surface area contributed by atoms with E-state index in [2.05, 4.69) is 59.8 Å². The molecule has 2 aromatic carbocycles. The zero-order valence-electron chi connectivity index (χ0n) is 24.3. The van der Waals surface area contributed by atoms with Crippen LogP contribution >= 0.6 is 0 Å². The highest BCUT2D eigenvalue weighted by atomic mass is 16.3. The fraction of sp³-hybridized carbons (Fsp3) is 0.343. The summed E-state index contributed by atoms with van der Waals surface area (Å²) < 4.78 is 0. The van der Waals surface area contributed by atoms with Gasteiger partial charge in [0.15, 0.2) is 5.78 Å². The van der Waals surface area contributed by atoms with Crippen molar-refractivity contribution in [1.82, 2.24) is 0 Å². The second-order valence-electron chi connectivity index (χ2n) is 10.7. The minimum atomic E-state index is -0.240. The van der Waals surface area contributed by atoms with Crippen molar-refractivity contribution in [2.24, 2.45) is 0 Å². The lowest BCUT2D eigenvalue weighted by atomic mass is 9.95. The molecule has 2 aromatic rings. The van der Waals surface area contributed by atoms with E-state index in [4.69, 9.17) is 0 Å². The predicted molar refractivity (Wildman–Crippen MR) is 163 cm³/mol. The van der Waals surface area contributed by atoms with Crippen molar-refractivity contribution in [3.63, 3.8) is 0 Å². The van der Waals surface area contributed by atoms with Gasteiger partial charge in [-0.15, -0.1) is 0 Å². The summed E-state index contributed by atoms with van der Waals surface area (Å²) in [7, 11) is 0. The lowest BCUT2D eigenvalue weighted by molar-refractivity contribution is 0.104. The van der Waals surface area contributed by atoms with Gasteiger partial charge >= 0.3 is 0 Å². The van der Waals surface area contributed by atoms with Crippen LogP contribution in [0.5, 0.6) is 17.2 Å². The highest BCUT2D eigenvalue weighted by Crippen LogP contribution is 2.37. The third-order valence-electron chi connectivity index (χ3n) is 6.55. The Morgan fingerprint density at radius 1 is 0.718 bits per heavy atom. The quantitative estimate of drug-likeness (QED) is 0.138. The molecule has 0 spiro atoms. The van der Waals surface area contributed by atoms with Crippen LogP contribution in [0.2, 0.25) is 0 Å². The monoisotopic (exact) mass is 528 g/mol. The summed E-state index contributed by atoms with van der Waals surface area (Å²) in [6, 6.07) is 7.80. The smallest absolute Gasteiger partial charge is 0.185 e. The minimum absolute atomic E-state index is 0.0244. The van der Waals surface area contributed by atoms with E-state index in [9.17, 15) is 20.1 Å². The van der Waals surface area contributed by atoms with E-state index < -0.39 is 0 Å². The van der Waals surface area contributed by atoms with Crippen molar-refractivity contribution in [1.29, 1.82) is 0 Å². The van der Waals surface area contributed by atoms with Gasteiger partial charge in [0.1, 0.15) is 17.2 Å². The number of carbonyl (C=O) groups excluding carboxylic acids is 1. The number of rotatable bonds is 13. The van der Waals surface area contributed by atoms with E-state index in [-0.39, 0.29) is 23.0 Å². The molecule has 0 fully saturated rings. The summed E-state index contributed by atoms with van der Waals surface area (Å²) in [5.74, 6) is -0.0789. The Morgan fingerprint density at radius 2 is 1.26 bits per heavy atom. The highest BCUT2D eigenvalue weighted by molar-refractivity contribution is 6.07. The van der Waals surface area contributed by atoms with Crippen molar-refractivity contribution in [3.8, 4) is 17.2 Å². The van der Waals surface area contributed by atoms with Gasteiger partial charge in [-0.25, -0.2) is 0 Å². The number of phenolic OH excluding ortho intramolecular Hbond substituents is 3. The number of phenols is 3. The Hall–Kier alpha value is -3.79. The molecule has 0 unspecified atom stereocenters. The summed E-state index contributed by atoms with van der Waals surface area (Å²) >= 11 is 0. The topological polar surface area (TPSA) is 77.8 Å². The van der Waals surface area contributed by atoms with E-state index in [0.29, 0.717) is 35.1 Å². The maximum Gasteiger partial charge on any atom is 0.185 e. The van der Waals surface area contributed by atoms with Gasteiger partial charge in [-0.1, -0.05) is 46.6 Å². The van der Waals surface area contributed by atoms with E-state index in [1.807, 2.05) is 6.08 Å². The number of carbonyl (C=O) groups is 1. The number of hydrogen-bond donors (Lipinski definition) is 3. The SMILES string of the molecule is CC(C)=CCC/C(C)=C/Cc1cc(C=CC(=O)c2ccc(O)cc2)c(O)c(C/C=C(\C)CCC=C(C)C)c1O. The standard InChI is InChI=1S/C35H44O4/c1-24(2)9-7-11-26(5)13-15-29-23-30(18-22-33(37)28-16-19-31(36)20-17-28)35(39)32(34(29)38)21-14-27(6)12-8-10-25(3)4/h9-10,13-14,16-20,22-23,36,38-39H,7-8,11-12,15,21H2,1-6H3/b22-18?,26-13+,27-14+. The van der Waals surface area contributed by atoms with E-state index in [1.165, 1.54) is 40.5 Å². The zero-order chi connectivity index (χ0) is 28.9. The van der Waals surface area contributed by atoms with Gasteiger partial charge in [-0.2, -0.15) is 0 Å². The van der Waals surface area contributed by atoms with Crippen molar-refractivity contribution >= 4 is 11.9 Å². The molecule has 0 bridgehead atoms. The Balaban J connectivity index is 2.39. The first-order valence-corrected chi connectivity index (χ1v) is 13.6. The fourth-order valence-electron chi connectivity index (χ4n) is 4.11. The maximum atomic E-state index is 12.7. The number of hydrogen-bond acceptors (Lipinski definition) is 4. The van der Waals surface area contributed by atoms with Crippen molar-refractivity contribution in [3.05, 3.63) is 105 Å². The first-order chi connectivity index (χ1) is 18.5. The number of ketones is 1. The molecule has 0 radical (unpaired) electrons. The Labute approximate surface area is 234 Å². The molecule has 39 heavy (non-hydrogen) atoms. The lowest BCUT2D eigenvalue weighted by Crippen LogP contribution is -1.96. The van der Waals surface area contributed by atoms with Gasteiger partial charge in [0, 0.05) is 16.7 Å². The van der Waals surface area contributed by atoms with Gasteiger partial charge in [0.2, 0.25) is 0 Å². The minimum Gasteiger partial charge on any atom is -0.508 e. The molecule has 0 aromatic heterocycles. The maximum absolute atomic E-state index is 12.7. The molecule has 208 valence electrons. The molecule has 3 N–H and O–H groups in total. The van der Waals surface area contributed by atoms with Crippen molar-refractivity contribution in [2.75, 3.05) is 0 Å². The third kappa shape index (κ3) is 10.8. The second-order valence-corrected chi connectivity index (χ2v) is 10.7. The summed E-state index contributed by atoms with van der Waals surface area (Å²) in [4.78, 5) is 12.7. The van der Waals surface area contributed by atoms with Gasteiger partial charge in [0.05, 0.1) is 0 Å². The van der Waals surface area contributed by atoms with E-state index in [1.54, 1.807) is 24.3 Å². The average molecular weight is 529 g/mol. The molecule has 0 aliphatic heterocycles. The molecule has 0 saturated carbocycles. The first kappa shape index (κ1) is 31.4. The molecule has 0 heterocycles. The average Bonchev–Trinajstić information content (AvgIpc) is 2.87. The highest BCUT2D eigenvalue weighted by Gasteiger charge is 2.16. The van der Waals surface area contributed by atoms with Crippen LogP contribution < -0.4 is 0 Å². The molecular formula is C35H44O4. The van der Waals surface area contributed by atoms with Crippen LogP contribution in [0.3, 0.4) is 0 Å². The van der Waals surface area contributed by atoms with E-state index >= 15 is 0 Å². The fourth-order valence-corrected chi connectivity index (χ4v) is 4.11. The van der Waals surface area contributed by atoms with Gasteiger partial charge in [-0.3, -0.25) is 4.79 Å². The molecular weight excluding hydrogens is 484 g/mol. The summed E-state index contributed by atoms with van der Waals surface area (Å²) in [5.41, 5.74) is 7.09. The molecule has 4 heteroatoms. The van der Waals surface area contributed by atoms with Crippen LogP contribution in [0, 0.1) is 0 Å². The molecule has 0 amide bonds. The predicted octanol–water partition coefficient (Wildman–Crippen LogP) is 9.17. The Morgan fingerprint density at radius 3 is 1.79 bits per heavy atom. The van der Waals surface area contributed by atoms with Crippen molar-refractivity contribution in [2.45, 2.75) is 80.1 Å². The van der Waals surface area contributed by atoms with Crippen LogP contribution in [-0.4, -0.2) is 21.1 Å². The lowest BCUT2D eigenvalue weighted by Gasteiger charge is -2.14. The molecule has 0 aliphatic rings.